The van der Waals surface area contributed by atoms with E-state index in [1.807, 2.05) is 12.1 Å². The second-order valence-electron chi connectivity index (χ2n) is 9.01. The molecule has 3 aromatic carbocycles. The number of methoxy groups -OCH3 is 1. The fourth-order valence-corrected chi connectivity index (χ4v) is 4.62. The van der Waals surface area contributed by atoms with Crippen LogP contribution in [0.1, 0.15) is 24.4 Å². The molecular weight excluding hydrogens is 489 g/mol. The fourth-order valence-electron chi connectivity index (χ4n) is 4.62. The lowest BCUT2D eigenvalue weighted by Crippen LogP contribution is -2.47. The van der Waals surface area contributed by atoms with Crippen molar-refractivity contribution >= 4 is 28.5 Å². The summed E-state index contributed by atoms with van der Waals surface area (Å²) in [5, 5.41) is 11.1. The quantitative estimate of drug-likeness (QED) is 0.364. The van der Waals surface area contributed by atoms with Gasteiger partial charge in [-0.15, -0.1) is 5.10 Å². The van der Waals surface area contributed by atoms with Crippen molar-refractivity contribution < 1.29 is 23.5 Å². The van der Waals surface area contributed by atoms with Gasteiger partial charge in [0, 0.05) is 13.2 Å². The molecule has 2 heterocycles. The summed E-state index contributed by atoms with van der Waals surface area (Å²) in [6.45, 7) is 0.688. The molecule has 0 unspecified atom stereocenters. The second-order valence-corrected chi connectivity index (χ2v) is 9.01. The molecule has 1 saturated heterocycles. The van der Waals surface area contributed by atoms with E-state index in [9.17, 15) is 9.59 Å². The average Bonchev–Trinajstić information content (AvgIpc) is 3.61. The van der Waals surface area contributed by atoms with E-state index in [4.69, 9.17) is 9.47 Å². The summed E-state index contributed by atoms with van der Waals surface area (Å²) in [7, 11) is 1.54. The number of nitrogens with one attached hydrogen (secondary N) is 1. The average molecular weight is 518 g/mol. The third kappa shape index (κ3) is 5.35. The highest BCUT2D eigenvalue weighted by atomic mass is 19.1. The number of amides is 2. The molecule has 1 aromatic heterocycles. The highest BCUT2D eigenvalue weighted by Gasteiger charge is 2.35. The molecule has 0 spiro atoms. The van der Waals surface area contributed by atoms with Crippen LogP contribution in [0.15, 0.2) is 72.8 Å². The molecule has 2 atom stereocenters. The van der Waals surface area contributed by atoms with Gasteiger partial charge in [-0.3, -0.25) is 14.5 Å². The Morgan fingerprint density at radius 3 is 2.63 bits per heavy atom. The first kappa shape index (κ1) is 25.3. The highest BCUT2D eigenvalue weighted by molar-refractivity contribution is 6.01. The molecular formula is C28H28FN5O4. The van der Waals surface area contributed by atoms with E-state index in [1.54, 1.807) is 49.6 Å². The summed E-state index contributed by atoms with van der Waals surface area (Å²) in [6, 6.07) is 18.8. The number of fused-ring (bicyclic) bond motifs is 1. The second kappa shape index (κ2) is 11.4. The van der Waals surface area contributed by atoms with Crippen molar-refractivity contribution in [3.8, 4) is 5.75 Å². The number of carbonyl (C=O) groups excluding carboxylic acids is 2. The van der Waals surface area contributed by atoms with Crippen molar-refractivity contribution in [3.05, 3.63) is 84.2 Å². The maximum absolute atomic E-state index is 15.2. The van der Waals surface area contributed by atoms with Crippen molar-refractivity contribution in [2.45, 2.75) is 31.5 Å². The number of rotatable bonds is 9. The lowest BCUT2D eigenvalue weighted by atomic mass is 10.0. The van der Waals surface area contributed by atoms with Gasteiger partial charge >= 0.3 is 0 Å². The largest absolute Gasteiger partial charge is 0.497 e. The van der Waals surface area contributed by atoms with Gasteiger partial charge in [-0.2, -0.15) is 0 Å². The van der Waals surface area contributed by atoms with Crippen LogP contribution in [0.4, 0.5) is 10.1 Å². The summed E-state index contributed by atoms with van der Waals surface area (Å²) >= 11 is 0. The number of hydrogen-bond donors (Lipinski definition) is 1. The van der Waals surface area contributed by atoms with Gasteiger partial charge in [0.25, 0.3) is 0 Å². The standard InChI is InChI=1S/C28H28FN5O4/c1-37-20-14-12-19(13-15-20)27(28(36)30-17-21-7-6-16-38-21)34(24-10-4-2-8-22(24)29)26(35)18-33-25-11-5-3-9-23(25)31-32-33/h2-5,8-15,21,27H,6-7,16-18H2,1H3,(H,30,36)/t21-,27+/m0/s1. The zero-order valence-electron chi connectivity index (χ0n) is 20.9. The molecule has 5 rings (SSSR count). The molecule has 4 aromatic rings. The van der Waals surface area contributed by atoms with Crippen LogP contribution < -0.4 is 15.0 Å². The molecule has 38 heavy (non-hydrogen) atoms. The Morgan fingerprint density at radius 2 is 1.89 bits per heavy atom. The molecule has 2 amide bonds. The molecule has 10 heteroatoms. The van der Waals surface area contributed by atoms with Gasteiger partial charge in [-0.05, 0) is 54.8 Å². The highest BCUT2D eigenvalue weighted by Crippen LogP contribution is 2.31. The van der Waals surface area contributed by atoms with E-state index in [2.05, 4.69) is 15.6 Å². The topological polar surface area (TPSA) is 98.6 Å². The number of anilines is 1. The van der Waals surface area contributed by atoms with E-state index in [1.165, 1.54) is 27.8 Å². The van der Waals surface area contributed by atoms with Gasteiger partial charge in [-0.1, -0.05) is 41.6 Å². The Kier molecular flexibility index (Phi) is 7.60. The van der Waals surface area contributed by atoms with Crippen molar-refractivity contribution in [2.24, 2.45) is 0 Å². The molecule has 9 nitrogen and oxygen atoms in total. The number of ether oxygens (including phenoxy) is 2. The van der Waals surface area contributed by atoms with Crippen LogP contribution in [0, 0.1) is 5.82 Å². The summed E-state index contributed by atoms with van der Waals surface area (Å²) in [5.74, 6) is -1.02. The Hall–Kier alpha value is -4.31. The minimum atomic E-state index is -1.17. The van der Waals surface area contributed by atoms with Gasteiger partial charge < -0.3 is 14.8 Å². The molecule has 1 fully saturated rings. The van der Waals surface area contributed by atoms with Crippen LogP contribution in [-0.2, 0) is 20.9 Å². The van der Waals surface area contributed by atoms with Crippen LogP contribution in [-0.4, -0.2) is 53.2 Å². The van der Waals surface area contributed by atoms with Gasteiger partial charge in [0.1, 0.15) is 29.7 Å². The Labute approximate surface area is 219 Å². The number of aromatic nitrogens is 3. The monoisotopic (exact) mass is 517 g/mol. The Bertz CT molecular complexity index is 1420. The zero-order valence-corrected chi connectivity index (χ0v) is 20.9. The third-order valence-corrected chi connectivity index (χ3v) is 6.55. The van der Waals surface area contributed by atoms with Crippen molar-refractivity contribution in [2.75, 3.05) is 25.2 Å². The number of para-hydroxylation sites is 2. The van der Waals surface area contributed by atoms with E-state index in [0.29, 0.717) is 35.5 Å². The molecule has 0 saturated carbocycles. The van der Waals surface area contributed by atoms with Crippen LogP contribution in [0.3, 0.4) is 0 Å². The van der Waals surface area contributed by atoms with Gasteiger partial charge in [0.05, 0.1) is 24.4 Å². The lowest BCUT2D eigenvalue weighted by Gasteiger charge is -2.32. The van der Waals surface area contributed by atoms with Crippen molar-refractivity contribution in [1.29, 1.82) is 0 Å². The fraction of sp³-hybridized carbons (Fsp3) is 0.286. The molecule has 1 N–H and O–H groups in total. The normalized spacial score (nSPS) is 15.8. The molecule has 0 aliphatic carbocycles. The van der Waals surface area contributed by atoms with Crippen LogP contribution in [0.2, 0.25) is 0 Å². The smallest absolute Gasteiger partial charge is 0.249 e. The zero-order chi connectivity index (χ0) is 26.5. The van der Waals surface area contributed by atoms with Crippen molar-refractivity contribution in [1.82, 2.24) is 20.3 Å². The van der Waals surface area contributed by atoms with Crippen LogP contribution >= 0.6 is 0 Å². The SMILES string of the molecule is COc1ccc([C@H](C(=O)NC[C@@H]2CCCO2)N(C(=O)Cn2nnc3ccccc32)c2ccccc2F)cc1. The molecule has 0 radical (unpaired) electrons. The summed E-state index contributed by atoms with van der Waals surface area (Å²) < 4.78 is 27.6. The van der Waals surface area contributed by atoms with Crippen LogP contribution in [0.25, 0.3) is 11.0 Å². The molecule has 196 valence electrons. The maximum atomic E-state index is 15.2. The van der Waals surface area contributed by atoms with E-state index in [0.717, 1.165) is 12.8 Å². The Balaban J connectivity index is 1.54. The van der Waals surface area contributed by atoms with Gasteiger partial charge in [0.15, 0.2) is 0 Å². The minimum Gasteiger partial charge on any atom is -0.497 e. The molecule has 0 bridgehead atoms. The van der Waals surface area contributed by atoms with Crippen LogP contribution in [0.5, 0.6) is 5.75 Å². The van der Waals surface area contributed by atoms with Gasteiger partial charge in [0.2, 0.25) is 11.8 Å². The minimum absolute atomic E-state index is 0.0185. The first-order valence-electron chi connectivity index (χ1n) is 12.4. The maximum Gasteiger partial charge on any atom is 0.249 e. The summed E-state index contributed by atoms with van der Waals surface area (Å²) in [6.07, 6.45) is 1.66. The Morgan fingerprint density at radius 1 is 1.13 bits per heavy atom. The van der Waals surface area contributed by atoms with E-state index in [-0.39, 0.29) is 18.3 Å². The molecule has 1 aliphatic heterocycles. The first-order chi connectivity index (χ1) is 18.5. The predicted octanol–water partition coefficient (Wildman–Crippen LogP) is 3.65. The van der Waals surface area contributed by atoms with E-state index >= 15 is 4.39 Å². The van der Waals surface area contributed by atoms with E-state index < -0.39 is 23.7 Å². The summed E-state index contributed by atoms with van der Waals surface area (Å²) in [4.78, 5) is 28.9. The number of nitrogens with zero attached hydrogens (tertiary/aromatic N) is 4. The number of hydrogen-bond acceptors (Lipinski definition) is 6. The third-order valence-electron chi connectivity index (χ3n) is 6.55. The number of benzene rings is 3. The predicted molar refractivity (Wildman–Crippen MR) is 139 cm³/mol. The first-order valence-corrected chi connectivity index (χ1v) is 12.4. The number of carbonyl (C=O) groups is 2. The van der Waals surface area contributed by atoms with Gasteiger partial charge in [-0.25, -0.2) is 9.07 Å². The lowest BCUT2D eigenvalue weighted by molar-refractivity contribution is -0.127. The molecule has 1 aliphatic rings. The summed E-state index contributed by atoms with van der Waals surface area (Å²) in [5.41, 5.74) is 1.75. The number of halogens is 1. The van der Waals surface area contributed by atoms with Crippen molar-refractivity contribution in [3.63, 3.8) is 0 Å².